The summed E-state index contributed by atoms with van der Waals surface area (Å²) in [5.41, 5.74) is 1.30. The van der Waals surface area contributed by atoms with Gasteiger partial charge in [-0.05, 0) is 37.7 Å². The molecule has 59 valence electrons. The first-order chi connectivity index (χ1) is 4.77. The quantitative estimate of drug-likeness (QED) is 0.421. The Balaban J connectivity index is 2.84. The zero-order valence-corrected chi connectivity index (χ0v) is 7.67. The average molecular weight is 157 g/mol. The van der Waals surface area contributed by atoms with Crippen LogP contribution in [-0.4, -0.2) is 11.5 Å². The molecule has 0 saturated heterocycles. The zero-order valence-electron chi connectivity index (χ0n) is 6.86. The first kappa shape index (κ1) is 10.1. The Bertz CT molecular complexity index is 86.7. The van der Waals surface area contributed by atoms with E-state index in [-0.39, 0.29) is 0 Å². The summed E-state index contributed by atoms with van der Waals surface area (Å²) < 4.78 is 0. The summed E-state index contributed by atoms with van der Waals surface area (Å²) in [6, 6.07) is 0. The lowest BCUT2D eigenvalue weighted by Gasteiger charge is -1.98. The van der Waals surface area contributed by atoms with Crippen molar-refractivity contribution in [3.8, 4) is 0 Å². The van der Waals surface area contributed by atoms with Crippen molar-refractivity contribution in [1.29, 1.82) is 0 Å². The van der Waals surface area contributed by atoms with Gasteiger partial charge in [-0.2, -0.15) is 11.8 Å². The number of hydrogen-bond donors (Lipinski definition) is 0. The molecule has 0 aliphatic carbocycles. The van der Waals surface area contributed by atoms with Gasteiger partial charge in [0.2, 0.25) is 0 Å². The number of rotatable bonds is 6. The average Bonchev–Trinajstić information content (AvgIpc) is 1.87. The normalized spacial score (nSPS) is 9.80. The van der Waals surface area contributed by atoms with Gasteiger partial charge in [-0.25, -0.2) is 0 Å². The third kappa shape index (κ3) is 8.09. The molecule has 0 rings (SSSR count). The van der Waals surface area contributed by atoms with Gasteiger partial charge in [-0.1, -0.05) is 12.5 Å². The first-order valence-corrected chi connectivity index (χ1v) is 4.94. The number of allylic oxidation sites excluding steroid dienone is 1. The van der Waals surface area contributed by atoms with Crippen LogP contribution >= 0.6 is 11.8 Å². The molecule has 0 amide bonds. The molecule has 0 fully saturated rings. The Kier molecular flexibility index (Phi) is 7.26. The van der Waals surface area contributed by atoms with Crippen molar-refractivity contribution in [2.45, 2.75) is 26.2 Å². The fraction of sp³-hybridized carbons (Fsp3) is 0.667. The first-order valence-electron chi connectivity index (χ1n) is 3.78. The van der Waals surface area contributed by atoms with Crippen molar-refractivity contribution in [2.75, 3.05) is 11.5 Å². The van der Waals surface area contributed by atoms with Crippen LogP contribution in [-0.2, 0) is 0 Å². The maximum Gasteiger partial charge on any atom is -0.00645 e. The van der Waals surface area contributed by atoms with Gasteiger partial charge in [0.1, 0.15) is 0 Å². The minimum atomic E-state index is 1.05. The second-order valence-corrected chi connectivity index (χ2v) is 3.75. The van der Waals surface area contributed by atoms with Crippen LogP contribution in [0.1, 0.15) is 26.2 Å². The molecule has 0 N–H and O–H groups in total. The molecule has 0 heterocycles. The van der Waals surface area contributed by atoms with Crippen LogP contribution in [0.3, 0.4) is 0 Å². The summed E-state index contributed by atoms with van der Waals surface area (Å²) in [7, 11) is 0. The Labute approximate surface area is 69.1 Å². The molecule has 10 heavy (non-hydrogen) atoms. The standard InChI is InChI=1S/C9H17S/c1-4-7-10-8-5-6-9(2)3/h1-2,4-8H2,3H3. The van der Waals surface area contributed by atoms with Gasteiger partial charge < -0.3 is 0 Å². The van der Waals surface area contributed by atoms with Crippen LogP contribution in [0.5, 0.6) is 0 Å². The largest absolute Gasteiger partial charge is 0.162 e. The molecule has 0 bridgehead atoms. The summed E-state index contributed by atoms with van der Waals surface area (Å²) in [5.74, 6) is 2.47. The molecule has 1 heteroatoms. The third-order valence-electron chi connectivity index (χ3n) is 1.18. The summed E-state index contributed by atoms with van der Waals surface area (Å²) in [5, 5.41) is 0. The molecular weight excluding hydrogens is 140 g/mol. The highest BCUT2D eigenvalue weighted by Gasteiger charge is 1.88. The highest BCUT2D eigenvalue weighted by Crippen LogP contribution is 2.08. The Morgan fingerprint density at radius 3 is 2.60 bits per heavy atom. The van der Waals surface area contributed by atoms with E-state index in [4.69, 9.17) is 0 Å². The van der Waals surface area contributed by atoms with Gasteiger partial charge >= 0.3 is 0 Å². The number of thioether (sulfide) groups is 1. The van der Waals surface area contributed by atoms with E-state index in [1.165, 1.54) is 29.9 Å². The third-order valence-corrected chi connectivity index (χ3v) is 2.34. The van der Waals surface area contributed by atoms with E-state index in [1.807, 2.05) is 11.8 Å². The molecular formula is C9H17S. The molecule has 0 aromatic heterocycles. The maximum atomic E-state index is 3.85. The summed E-state index contributed by atoms with van der Waals surface area (Å²) in [4.78, 5) is 0. The molecule has 0 spiro atoms. The molecule has 0 aromatic rings. The molecule has 0 atom stereocenters. The summed E-state index contributed by atoms with van der Waals surface area (Å²) >= 11 is 1.99. The second-order valence-electron chi connectivity index (χ2n) is 2.53. The smallest absolute Gasteiger partial charge is 0.00645 e. The summed E-state index contributed by atoms with van der Waals surface area (Å²) in [6.45, 7) is 9.72. The van der Waals surface area contributed by atoms with E-state index in [2.05, 4.69) is 20.4 Å². The SMILES string of the molecule is [CH2]CCSCCCC(=C)C. The van der Waals surface area contributed by atoms with Crippen molar-refractivity contribution >= 4 is 11.8 Å². The number of hydrogen-bond acceptors (Lipinski definition) is 1. The van der Waals surface area contributed by atoms with E-state index in [9.17, 15) is 0 Å². The van der Waals surface area contributed by atoms with Crippen LogP contribution in [0.4, 0.5) is 0 Å². The molecule has 0 saturated carbocycles. The lowest BCUT2D eigenvalue weighted by Crippen LogP contribution is -1.82. The minimum absolute atomic E-state index is 1.05. The van der Waals surface area contributed by atoms with Crippen molar-refractivity contribution in [1.82, 2.24) is 0 Å². The fourth-order valence-electron chi connectivity index (χ4n) is 0.680. The summed E-state index contributed by atoms with van der Waals surface area (Å²) in [6.07, 6.45) is 3.52. The van der Waals surface area contributed by atoms with Crippen molar-refractivity contribution in [3.63, 3.8) is 0 Å². The van der Waals surface area contributed by atoms with E-state index >= 15 is 0 Å². The lowest BCUT2D eigenvalue weighted by molar-refractivity contribution is 0.920. The van der Waals surface area contributed by atoms with E-state index in [0.29, 0.717) is 0 Å². The Morgan fingerprint density at radius 2 is 2.10 bits per heavy atom. The van der Waals surface area contributed by atoms with E-state index in [0.717, 1.165) is 6.42 Å². The van der Waals surface area contributed by atoms with Gasteiger partial charge in [0.05, 0.1) is 0 Å². The lowest BCUT2D eigenvalue weighted by atomic mass is 10.2. The van der Waals surface area contributed by atoms with Crippen LogP contribution in [0.2, 0.25) is 0 Å². The molecule has 0 nitrogen and oxygen atoms in total. The molecule has 1 radical (unpaired) electrons. The molecule has 0 aliphatic heterocycles. The van der Waals surface area contributed by atoms with Crippen molar-refractivity contribution < 1.29 is 0 Å². The predicted molar refractivity (Wildman–Crippen MR) is 51.3 cm³/mol. The van der Waals surface area contributed by atoms with Gasteiger partial charge in [0.25, 0.3) is 0 Å². The van der Waals surface area contributed by atoms with Crippen LogP contribution in [0.15, 0.2) is 12.2 Å². The van der Waals surface area contributed by atoms with Gasteiger partial charge in [0, 0.05) is 0 Å². The van der Waals surface area contributed by atoms with Crippen molar-refractivity contribution in [3.05, 3.63) is 19.1 Å². The second kappa shape index (κ2) is 7.20. The Morgan fingerprint density at radius 1 is 1.40 bits per heavy atom. The fourth-order valence-corrected chi connectivity index (χ4v) is 1.44. The molecule has 0 unspecified atom stereocenters. The molecule has 0 aliphatic rings. The highest BCUT2D eigenvalue weighted by molar-refractivity contribution is 7.99. The van der Waals surface area contributed by atoms with Gasteiger partial charge in [0.15, 0.2) is 0 Å². The van der Waals surface area contributed by atoms with Crippen LogP contribution in [0, 0.1) is 6.92 Å². The van der Waals surface area contributed by atoms with Gasteiger partial charge in [-0.3, -0.25) is 0 Å². The van der Waals surface area contributed by atoms with Crippen molar-refractivity contribution in [2.24, 2.45) is 0 Å². The predicted octanol–water partition coefficient (Wildman–Crippen LogP) is 3.30. The Hall–Kier alpha value is 0.0900. The maximum absolute atomic E-state index is 3.85. The monoisotopic (exact) mass is 157 g/mol. The highest BCUT2D eigenvalue weighted by atomic mass is 32.2. The van der Waals surface area contributed by atoms with Crippen LogP contribution < -0.4 is 0 Å². The van der Waals surface area contributed by atoms with E-state index in [1.54, 1.807) is 0 Å². The zero-order chi connectivity index (χ0) is 7.82. The van der Waals surface area contributed by atoms with E-state index < -0.39 is 0 Å². The topological polar surface area (TPSA) is 0 Å². The molecule has 0 aromatic carbocycles. The minimum Gasteiger partial charge on any atom is -0.162 e. The van der Waals surface area contributed by atoms with Crippen LogP contribution in [0.25, 0.3) is 0 Å². The van der Waals surface area contributed by atoms with Gasteiger partial charge in [-0.15, -0.1) is 6.58 Å².